The summed E-state index contributed by atoms with van der Waals surface area (Å²) < 4.78 is 5.02. The number of aromatic nitrogens is 1. The molecule has 0 aliphatic heterocycles. The smallest absolute Gasteiger partial charge is 0.126 e. The Bertz CT molecular complexity index is 352. The van der Waals surface area contributed by atoms with Gasteiger partial charge in [0.2, 0.25) is 0 Å². The summed E-state index contributed by atoms with van der Waals surface area (Å²) in [5.41, 5.74) is 2.74. The minimum absolute atomic E-state index is 0.872. The summed E-state index contributed by atoms with van der Waals surface area (Å²) >= 11 is 0. The van der Waals surface area contributed by atoms with Crippen molar-refractivity contribution in [3.8, 4) is 0 Å². The van der Waals surface area contributed by atoms with E-state index in [1.807, 2.05) is 0 Å². The van der Waals surface area contributed by atoms with Crippen LogP contribution in [0.1, 0.15) is 36.9 Å². The summed E-state index contributed by atoms with van der Waals surface area (Å²) in [7, 11) is 1.76. The number of nitrogens with one attached hydrogen (secondary N) is 1. The predicted molar refractivity (Wildman–Crippen MR) is 70.5 cm³/mol. The van der Waals surface area contributed by atoms with Gasteiger partial charge in [0, 0.05) is 26.0 Å². The molecular formula is C14H22N2O. The normalized spacial score (nSPS) is 13.7. The van der Waals surface area contributed by atoms with Gasteiger partial charge < -0.3 is 10.1 Å². The topological polar surface area (TPSA) is 34.1 Å². The molecule has 17 heavy (non-hydrogen) atoms. The zero-order valence-corrected chi connectivity index (χ0v) is 10.7. The van der Waals surface area contributed by atoms with E-state index in [-0.39, 0.29) is 0 Å². The van der Waals surface area contributed by atoms with Crippen molar-refractivity contribution < 1.29 is 4.74 Å². The zero-order valence-electron chi connectivity index (χ0n) is 10.7. The standard InChI is InChI=1S/C14H22N2O/c1-17-11-4-2-3-10-15-14-9-8-12-6-5-7-13(12)16-14/h8-9H,2-7,10-11H2,1H3,(H,15,16). The lowest BCUT2D eigenvalue weighted by Gasteiger charge is -2.07. The number of anilines is 1. The summed E-state index contributed by atoms with van der Waals surface area (Å²) in [6, 6.07) is 4.34. The number of hydrogen-bond donors (Lipinski definition) is 1. The van der Waals surface area contributed by atoms with E-state index in [4.69, 9.17) is 4.74 Å². The van der Waals surface area contributed by atoms with Gasteiger partial charge in [-0.3, -0.25) is 0 Å². The highest BCUT2D eigenvalue weighted by atomic mass is 16.5. The van der Waals surface area contributed by atoms with Crippen LogP contribution in [0.15, 0.2) is 12.1 Å². The first kappa shape index (κ1) is 12.4. The molecule has 0 aromatic carbocycles. The number of ether oxygens (including phenoxy) is 1. The van der Waals surface area contributed by atoms with E-state index in [0.29, 0.717) is 0 Å². The summed E-state index contributed by atoms with van der Waals surface area (Å²) in [5.74, 6) is 1.04. The zero-order chi connectivity index (χ0) is 11.9. The Morgan fingerprint density at radius 2 is 2.18 bits per heavy atom. The number of pyridine rings is 1. The van der Waals surface area contributed by atoms with Crippen LogP contribution in [-0.4, -0.2) is 25.2 Å². The van der Waals surface area contributed by atoms with Crippen molar-refractivity contribution in [3.63, 3.8) is 0 Å². The molecule has 0 fully saturated rings. The Morgan fingerprint density at radius 1 is 1.24 bits per heavy atom. The number of aryl methyl sites for hydroxylation is 2. The third-order valence-corrected chi connectivity index (χ3v) is 3.26. The third kappa shape index (κ3) is 3.70. The van der Waals surface area contributed by atoms with E-state index in [2.05, 4.69) is 22.4 Å². The molecule has 3 nitrogen and oxygen atoms in total. The number of rotatable bonds is 7. The molecule has 0 amide bonds. The van der Waals surface area contributed by atoms with E-state index in [9.17, 15) is 0 Å². The molecular weight excluding hydrogens is 212 g/mol. The molecule has 0 bridgehead atoms. The number of unbranched alkanes of at least 4 members (excludes halogenated alkanes) is 2. The minimum atomic E-state index is 0.872. The van der Waals surface area contributed by atoms with E-state index in [1.54, 1.807) is 7.11 Å². The second-order valence-corrected chi connectivity index (χ2v) is 4.64. The van der Waals surface area contributed by atoms with Crippen LogP contribution < -0.4 is 5.32 Å². The molecule has 2 rings (SSSR count). The van der Waals surface area contributed by atoms with Crippen LogP contribution in [0.4, 0.5) is 5.82 Å². The van der Waals surface area contributed by atoms with E-state index in [1.165, 1.54) is 36.9 Å². The second-order valence-electron chi connectivity index (χ2n) is 4.64. The second kappa shape index (κ2) is 6.60. The maximum Gasteiger partial charge on any atom is 0.126 e. The number of hydrogen-bond acceptors (Lipinski definition) is 3. The maximum absolute atomic E-state index is 5.02. The summed E-state index contributed by atoms with van der Waals surface area (Å²) in [5, 5.41) is 3.40. The molecule has 0 saturated heterocycles. The van der Waals surface area contributed by atoms with Gasteiger partial charge in [0.1, 0.15) is 5.82 Å². The Morgan fingerprint density at radius 3 is 3.06 bits per heavy atom. The highest BCUT2D eigenvalue weighted by Crippen LogP contribution is 2.21. The molecule has 0 atom stereocenters. The van der Waals surface area contributed by atoms with Crippen molar-refractivity contribution in [1.29, 1.82) is 0 Å². The Kier molecular flexibility index (Phi) is 4.80. The van der Waals surface area contributed by atoms with Gasteiger partial charge in [-0.1, -0.05) is 6.07 Å². The average molecular weight is 234 g/mol. The van der Waals surface area contributed by atoms with E-state index >= 15 is 0 Å². The molecule has 1 N–H and O–H groups in total. The third-order valence-electron chi connectivity index (χ3n) is 3.26. The first-order valence-electron chi connectivity index (χ1n) is 6.62. The Balaban J connectivity index is 1.69. The molecule has 1 aliphatic rings. The van der Waals surface area contributed by atoms with Gasteiger partial charge >= 0.3 is 0 Å². The molecule has 0 spiro atoms. The molecule has 1 aromatic rings. The van der Waals surface area contributed by atoms with Crippen LogP contribution in [0.5, 0.6) is 0 Å². The van der Waals surface area contributed by atoms with E-state index in [0.717, 1.165) is 31.8 Å². The SMILES string of the molecule is COCCCCCNc1ccc2c(n1)CCC2. The lowest BCUT2D eigenvalue weighted by atomic mass is 10.2. The fourth-order valence-electron chi connectivity index (χ4n) is 2.28. The van der Waals surface area contributed by atoms with Crippen LogP contribution in [-0.2, 0) is 17.6 Å². The number of fused-ring (bicyclic) bond motifs is 1. The Hall–Kier alpha value is -1.09. The fraction of sp³-hybridized carbons (Fsp3) is 0.643. The summed E-state index contributed by atoms with van der Waals surface area (Å²) in [6.45, 7) is 1.88. The van der Waals surface area contributed by atoms with Gasteiger partial charge in [0.25, 0.3) is 0 Å². The van der Waals surface area contributed by atoms with Gasteiger partial charge in [0.05, 0.1) is 0 Å². The molecule has 3 heteroatoms. The first-order valence-corrected chi connectivity index (χ1v) is 6.62. The monoisotopic (exact) mass is 234 g/mol. The van der Waals surface area contributed by atoms with Crippen LogP contribution in [0.3, 0.4) is 0 Å². The number of methoxy groups -OCH3 is 1. The van der Waals surface area contributed by atoms with Crippen molar-refractivity contribution in [2.45, 2.75) is 38.5 Å². The molecule has 0 radical (unpaired) electrons. The average Bonchev–Trinajstić information content (AvgIpc) is 2.81. The molecule has 0 unspecified atom stereocenters. The van der Waals surface area contributed by atoms with Crippen LogP contribution in [0, 0.1) is 0 Å². The van der Waals surface area contributed by atoms with Crippen molar-refractivity contribution in [2.75, 3.05) is 25.6 Å². The highest BCUT2D eigenvalue weighted by molar-refractivity contribution is 5.40. The van der Waals surface area contributed by atoms with Crippen molar-refractivity contribution in [1.82, 2.24) is 4.98 Å². The predicted octanol–water partition coefficient (Wildman–Crippen LogP) is 2.80. The largest absolute Gasteiger partial charge is 0.385 e. The molecule has 1 aromatic heterocycles. The van der Waals surface area contributed by atoms with Gasteiger partial charge in [-0.15, -0.1) is 0 Å². The molecule has 94 valence electrons. The van der Waals surface area contributed by atoms with Crippen LogP contribution >= 0.6 is 0 Å². The summed E-state index contributed by atoms with van der Waals surface area (Å²) in [4.78, 5) is 4.65. The highest BCUT2D eigenvalue weighted by Gasteiger charge is 2.11. The van der Waals surface area contributed by atoms with Gasteiger partial charge in [-0.05, 0) is 50.2 Å². The number of nitrogens with zero attached hydrogens (tertiary/aromatic N) is 1. The van der Waals surface area contributed by atoms with Gasteiger partial charge in [-0.25, -0.2) is 4.98 Å². The lowest BCUT2D eigenvalue weighted by Crippen LogP contribution is -2.05. The summed E-state index contributed by atoms with van der Waals surface area (Å²) in [6.07, 6.45) is 7.17. The van der Waals surface area contributed by atoms with Crippen LogP contribution in [0.25, 0.3) is 0 Å². The maximum atomic E-state index is 5.02. The molecule has 0 saturated carbocycles. The van der Waals surface area contributed by atoms with Crippen molar-refractivity contribution in [3.05, 3.63) is 23.4 Å². The van der Waals surface area contributed by atoms with Gasteiger partial charge in [-0.2, -0.15) is 0 Å². The quantitative estimate of drug-likeness (QED) is 0.737. The lowest BCUT2D eigenvalue weighted by molar-refractivity contribution is 0.192. The van der Waals surface area contributed by atoms with E-state index < -0.39 is 0 Å². The van der Waals surface area contributed by atoms with Gasteiger partial charge in [0.15, 0.2) is 0 Å². The van der Waals surface area contributed by atoms with Crippen LogP contribution in [0.2, 0.25) is 0 Å². The van der Waals surface area contributed by atoms with Crippen molar-refractivity contribution in [2.24, 2.45) is 0 Å². The minimum Gasteiger partial charge on any atom is -0.385 e. The first-order chi connectivity index (χ1) is 8.40. The van der Waals surface area contributed by atoms with Crippen molar-refractivity contribution >= 4 is 5.82 Å². The Labute approximate surface area is 104 Å². The molecule has 1 heterocycles. The fourth-order valence-corrected chi connectivity index (χ4v) is 2.28. The molecule has 1 aliphatic carbocycles.